The Morgan fingerprint density at radius 2 is 2.09 bits per heavy atom. The molecule has 0 atom stereocenters. The van der Waals surface area contributed by atoms with E-state index in [4.69, 9.17) is 15.5 Å². The molecule has 10 heteroatoms. The highest BCUT2D eigenvalue weighted by Gasteiger charge is 2.21. The van der Waals surface area contributed by atoms with Crippen molar-refractivity contribution in [2.75, 3.05) is 6.61 Å². The van der Waals surface area contributed by atoms with Gasteiger partial charge >= 0.3 is 6.09 Å². The van der Waals surface area contributed by atoms with Gasteiger partial charge in [-0.05, 0) is 30.5 Å². The van der Waals surface area contributed by atoms with Gasteiger partial charge in [-0.25, -0.2) is 9.78 Å². The molecule has 0 aliphatic rings. The summed E-state index contributed by atoms with van der Waals surface area (Å²) in [5.41, 5.74) is 6.87. The quantitative estimate of drug-likeness (QED) is 0.270. The number of nitro benzene ring substituents is 1. The Labute approximate surface area is 190 Å². The maximum Gasteiger partial charge on any atom is 0.404 e. The number of benzene rings is 1. The van der Waals surface area contributed by atoms with E-state index >= 15 is 0 Å². The van der Waals surface area contributed by atoms with Crippen LogP contribution in [0.2, 0.25) is 0 Å². The Kier molecular flexibility index (Phi) is 7.82. The first-order chi connectivity index (χ1) is 15.3. The lowest BCUT2D eigenvalue weighted by Gasteiger charge is -2.13. The maximum atomic E-state index is 11.2. The maximum absolute atomic E-state index is 11.2. The predicted octanol–water partition coefficient (Wildman–Crippen LogP) is 4.54. The van der Waals surface area contributed by atoms with Crippen molar-refractivity contribution in [1.82, 2.24) is 14.5 Å². The van der Waals surface area contributed by atoms with Crippen LogP contribution in [0, 0.1) is 10.1 Å². The number of imidazole rings is 1. The Hall–Kier alpha value is -3.40. The molecule has 1 aromatic carbocycles. The Morgan fingerprint density at radius 3 is 2.75 bits per heavy atom. The van der Waals surface area contributed by atoms with Crippen LogP contribution in [0.25, 0.3) is 0 Å². The molecule has 0 aliphatic heterocycles. The third-order valence-corrected chi connectivity index (χ3v) is 5.76. The van der Waals surface area contributed by atoms with Crippen molar-refractivity contribution in [3.05, 3.63) is 76.0 Å². The van der Waals surface area contributed by atoms with Gasteiger partial charge in [0, 0.05) is 29.6 Å². The minimum atomic E-state index is -0.799. The number of nitrogens with zero attached hydrogens (tertiary/aromatic N) is 4. The molecule has 2 heterocycles. The zero-order chi connectivity index (χ0) is 23.1. The fourth-order valence-corrected chi connectivity index (χ4v) is 4.38. The molecule has 0 saturated carbocycles. The van der Waals surface area contributed by atoms with Crippen LogP contribution in [0.15, 0.2) is 58.6 Å². The van der Waals surface area contributed by atoms with E-state index in [-0.39, 0.29) is 18.2 Å². The Balaban J connectivity index is 1.99. The third kappa shape index (κ3) is 6.07. The molecule has 1 amide bonds. The number of aromatic nitrogens is 3. The highest BCUT2D eigenvalue weighted by Crippen LogP contribution is 2.36. The number of hydrogen-bond acceptors (Lipinski definition) is 7. The summed E-state index contributed by atoms with van der Waals surface area (Å²) in [6.45, 7) is 4.83. The number of non-ortho nitro benzene ring substituents is 1. The van der Waals surface area contributed by atoms with E-state index in [1.807, 2.05) is 24.3 Å². The van der Waals surface area contributed by atoms with Crippen molar-refractivity contribution in [2.24, 2.45) is 5.73 Å². The van der Waals surface area contributed by atoms with E-state index in [9.17, 15) is 14.9 Å². The van der Waals surface area contributed by atoms with Crippen LogP contribution < -0.4 is 5.73 Å². The van der Waals surface area contributed by atoms with Crippen LogP contribution in [-0.2, 0) is 17.7 Å². The lowest BCUT2D eigenvalue weighted by molar-refractivity contribution is -0.385. The van der Waals surface area contributed by atoms with Gasteiger partial charge in [-0.2, -0.15) is 0 Å². The van der Waals surface area contributed by atoms with Crippen molar-refractivity contribution in [1.29, 1.82) is 0 Å². The topological polar surface area (TPSA) is 126 Å². The molecule has 0 unspecified atom stereocenters. The van der Waals surface area contributed by atoms with Crippen molar-refractivity contribution in [2.45, 2.75) is 49.1 Å². The molecule has 168 valence electrons. The Bertz CT molecular complexity index is 1090. The average molecular weight is 456 g/mol. The smallest absolute Gasteiger partial charge is 0.404 e. The molecular weight excluding hydrogens is 430 g/mol. The molecule has 32 heavy (non-hydrogen) atoms. The average Bonchev–Trinajstić information content (AvgIpc) is 3.09. The van der Waals surface area contributed by atoms with Gasteiger partial charge in [0.15, 0.2) is 0 Å². The van der Waals surface area contributed by atoms with Crippen LogP contribution in [-0.4, -0.2) is 32.2 Å². The fraction of sp³-hybridized carbons (Fsp3) is 0.318. The first-order valence-electron chi connectivity index (χ1n) is 10.2. The number of ether oxygens (including phenoxy) is 1. The number of nitrogens with two attached hydrogens (primary N) is 1. The second-order valence-corrected chi connectivity index (χ2v) is 8.47. The highest BCUT2D eigenvalue weighted by atomic mass is 32.2. The number of aryl methyl sites for hydroxylation is 1. The molecule has 0 spiro atoms. The van der Waals surface area contributed by atoms with E-state index in [2.05, 4.69) is 23.4 Å². The Morgan fingerprint density at radius 1 is 1.28 bits per heavy atom. The van der Waals surface area contributed by atoms with Gasteiger partial charge in [0.2, 0.25) is 0 Å². The fourth-order valence-electron chi connectivity index (χ4n) is 3.17. The molecule has 0 saturated heterocycles. The van der Waals surface area contributed by atoms with Crippen LogP contribution >= 0.6 is 11.8 Å². The molecule has 3 rings (SSSR count). The molecule has 2 aromatic heterocycles. The molecule has 0 fully saturated rings. The summed E-state index contributed by atoms with van der Waals surface area (Å²) in [7, 11) is 0. The number of carbonyl (C=O) groups excluding carboxylic acids is 1. The third-order valence-electron chi connectivity index (χ3n) is 4.65. The molecule has 0 aliphatic carbocycles. The van der Waals surface area contributed by atoms with Crippen molar-refractivity contribution in [3.8, 4) is 0 Å². The molecule has 0 radical (unpaired) electrons. The van der Waals surface area contributed by atoms with Gasteiger partial charge in [-0.3, -0.25) is 15.1 Å². The van der Waals surface area contributed by atoms with E-state index in [0.29, 0.717) is 19.4 Å². The second kappa shape index (κ2) is 10.8. The zero-order valence-corrected chi connectivity index (χ0v) is 18.7. The second-order valence-electron chi connectivity index (χ2n) is 7.41. The van der Waals surface area contributed by atoms with Gasteiger partial charge in [0.25, 0.3) is 5.69 Å². The van der Waals surface area contributed by atoms with E-state index in [1.54, 1.807) is 18.3 Å². The summed E-state index contributed by atoms with van der Waals surface area (Å²) in [6.07, 6.45) is 2.09. The van der Waals surface area contributed by atoms with Crippen LogP contribution in [0.1, 0.15) is 43.4 Å². The number of pyridine rings is 1. The van der Waals surface area contributed by atoms with Gasteiger partial charge in [-0.15, -0.1) is 0 Å². The summed E-state index contributed by atoms with van der Waals surface area (Å²) in [5.74, 6) is 0.974. The number of primary amides is 1. The van der Waals surface area contributed by atoms with Crippen LogP contribution in [0.4, 0.5) is 10.5 Å². The predicted molar refractivity (Wildman–Crippen MR) is 121 cm³/mol. The van der Waals surface area contributed by atoms with Crippen molar-refractivity contribution >= 4 is 23.5 Å². The summed E-state index contributed by atoms with van der Waals surface area (Å²) in [5, 5.41) is 12.1. The monoisotopic (exact) mass is 455 g/mol. The van der Waals surface area contributed by atoms with E-state index in [0.717, 1.165) is 27.1 Å². The summed E-state index contributed by atoms with van der Waals surface area (Å²) < 4.78 is 6.95. The number of nitro groups is 1. The van der Waals surface area contributed by atoms with Crippen LogP contribution in [0.3, 0.4) is 0 Å². The first kappa shape index (κ1) is 23.3. The van der Waals surface area contributed by atoms with Gasteiger partial charge in [0.1, 0.15) is 10.9 Å². The minimum Gasteiger partial charge on any atom is -0.450 e. The van der Waals surface area contributed by atoms with Gasteiger partial charge in [0.05, 0.1) is 29.5 Å². The largest absolute Gasteiger partial charge is 0.450 e. The van der Waals surface area contributed by atoms with Crippen molar-refractivity contribution < 1.29 is 14.5 Å². The van der Waals surface area contributed by atoms with E-state index in [1.165, 1.54) is 17.8 Å². The molecule has 0 bridgehead atoms. The summed E-state index contributed by atoms with van der Waals surface area (Å²) >= 11 is 1.45. The normalized spacial score (nSPS) is 11.0. The number of carbonyl (C=O) groups is 1. The first-order valence-corrected chi connectivity index (χ1v) is 11.0. The zero-order valence-electron chi connectivity index (χ0n) is 17.9. The van der Waals surface area contributed by atoms with Gasteiger partial charge in [-0.1, -0.05) is 37.7 Å². The van der Waals surface area contributed by atoms with Gasteiger partial charge < -0.3 is 15.0 Å². The SMILES string of the molecule is CC(C)c1nc(CCCOC(N)=O)n(Cc2ccccn2)c1Sc1cccc([N+](=O)[O-])c1. The number of hydrogen-bond donors (Lipinski definition) is 1. The summed E-state index contributed by atoms with van der Waals surface area (Å²) in [6, 6.07) is 12.3. The van der Waals surface area contributed by atoms with Crippen molar-refractivity contribution in [3.63, 3.8) is 0 Å². The molecular formula is C22H25N5O4S. The minimum absolute atomic E-state index is 0.0423. The molecule has 2 N–H and O–H groups in total. The number of amides is 1. The standard InChI is InChI=1S/C22H25N5O4S/c1-15(2)20-21(32-18-9-5-8-17(13-18)27(29)30)26(14-16-7-3-4-11-24-16)19(25-20)10-6-12-31-22(23)28/h3-5,7-9,11,13,15H,6,10,12,14H2,1-2H3,(H2,23,28). The number of rotatable bonds is 10. The molecule has 3 aromatic rings. The highest BCUT2D eigenvalue weighted by molar-refractivity contribution is 7.99. The lowest BCUT2D eigenvalue weighted by atomic mass is 10.1. The summed E-state index contributed by atoms with van der Waals surface area (Å²) in [4.78, 5) is 31.8. The van der Waals surface area contributed by atoms with E-state index < -0.39 is 11.0 Å². The molecule has 9 nitrogen and oxygen atoms in total. The van der Waals surface area contributed by atoms with Crippen LogP contribution in [0.5, 0.6) is 0 Å². The lowest BCUT2D eigenvalue weighted by Crippen LogP contribution is -2.15.